The number of carbonyl (C=O) groups is 2. The number of hydrogen-bond acceptors (Lipinski definition) is 7. The number of ether oxygens (including phenoxy) is 1. The second-order valence-corrected chi connectivity index (χ2v) is 9.11. The number of anilines is 1. The van der Waals surface area contributed by atoms with Gasteiger partial charge in [0.1, 0.15) is 11.3 Å². The number of fused-ring (bicyclic) bond motifs is 2. The van der Waals surface area contributed by atoms with Crippen molar-refractivity contribution in [1.82, 2.24) is 4.98 Å². The van der Waals surface area contributed by atoms with Gasteiger partial charge in [0, 0.05) is 6.92 Å². The first kappa shape index (κ1) is 22.0. The summed E-state index contributed by atoms with van der Waals surface area (Å²) in [5.41, 5.74) is 1.58. The second kappa shape index (κ2) is 8.53. The van der Waals surface area contributed by atoms with Crippen LogP contribution in [0.4, 0.5) is 5.13 Å². The number of carbonyl (C=O) groups excluding carboxylic acids is 2. The highest BCUT2D eigenvalue weighted by Crippen LogP contribution is 2.43. The van der Waals surface area contributed by atoms with E-state index in [0.717, 1.165) is 17.8 Å². The first-order valence-corrected chi connectivity index (χ1v) is 11.8. The van der Waals surface area contributed by atoms with Gasteiger partial charge in [-0.15, -0.1) is 0 Å². The maximum Gasteiger partial charge on any atom is 0.297 e. The van der Waals surface area contributed by atoms with Crippen LogP contribution in [0.2, 0.25) is 0 Å². The van der Waals surface area contributed by atoms with Crippen LogP contribution in [-0.2, 0) is 0 Å². The molecule has 34 heavy (non-hydrogen) atoms. The predicted octanol–water partition coefficient (Wildman–Crippen LogP) is 5.30. The Morgan fingerprint density at radius 1 is 1.18 bits per heavy atom. The quantitative estimate of drug-likeness (QED) is 0.352. The summed E-state index contributed by atoms with van der Waals surface area (Å²) < 4.78 is 11.8. The van der Waals surface area contributed by atoms with Crippen LogP contribution in [0.3, 0.4) is 0 Å². The molecule has 1 atom stereocenters. The summed E-state index contributed by atoms with van der Waals surface area (Å²) in [6.07, 6.45) is 0.850. The van der Waals surface area contributed by atoms with Gasteiger partial charge in [0.05, 0.1) is 34.2 Å². The second-order valence-electron chi connectivity index (χ2n) is 8.14. The molecule has 0 spiro atoms. The van der Waals surface area contributed by atoms with Gasteiger partial charge in [-0.05, 0) is 43.2 Å². The van der Waals surface area contributed by atoms with Crippen molar-refractivity contribution in [2.24, 2.45) is 0 Å². The monoisotopic (exact) mass is 474 g/mol. The molecule has 7 nitrogen and oxygen atoms in total. The van der Waals surface area contributed by atoms with Crippen molar-refractivity contribution in [2.45, 2.75) is 33.2 Å². The SMILES string of the molecule is CCCOc1cccc(C2c3c(oc4ccccc4c3=O)C(=O)N2c2nc(C)c(C(C)=O)s2)c1. The van der Waals surface area contributed by atoms with Gasteiger partial charge in [0.25, 0.3) is 5.91 Å². The van der Waals surface area contributed by atoms with Gasteiger partial charge >= 0.3 is 0 Å². The Bertz CT molecular complexity index is 1500. The summed E-state index contributed by atoms with van der Waals surface area (Å²) in [5, 5.41) is 0.742. The summed E-state index contributed by atoms with van der Waals surface area (Å²) in [6, 6.07) is 13.5. The summed E-state index contributed by atoms with van der Waals surface area (Å²) in [5.74, 6) is 0.0411. The molecule has 1 aliphatic rings. The lowest BCUT2D eigenvalue weighted by Gasteiger charge is -2.23. The molecule has 2 aromatic heterocycles. The fraction of sp³-hybridized carbons (Fsp3) is 0.231. The first-order chi connectivity index (χ1) is 16.4. The summed E-state index contributed by atoms with van der Waals surface area (Å²) in [6.45, 7) is 5.77. The van der Waals surface area contributed by atoms with E-state index in [1.807, 2.05) is 31.2 Å². The molecule has 0 aliphatic carbocycles. The number of Topliss-reactive ketones (excluding diaryl/α,β-unsaturated/α-hetero) is 1. The van der Waals surface area contributed by atoms with Gasteiger partial charge in [-0.3, -0.25) is 19.3 Å². The number of para-hydroxylation sites is 1. The molecule has 0 fully saturated rings. The third-order valence-corrected chi connectivity index (χ3v) is 6.99. The number of rotatable bonds is 6. The first-order valence-electron chi connectivity index (χ1n) is 11.0. The Hall–Kier alpha value is -3.78. The molecule has 0 bridgehead atoms. The minimum absolute atomic E-state index is 0.00851. The number of amides is 1. The van der Waals surface area contributed by atoms with Crippen molar-refractivity contribution in [3.8, 4) is 5.75 Å². The van der Waals surface area contributed by atoms with Gasteiger partial charge in [-0.2, -0.15) is 0 Å². The Kier molecular flexibility index (Phi) is 5.53. The van der Waals surface area contributed by atoms with Gasteiger partial charge in [-0.25, -0.2) is 4.98 Å². The van der Waals surface area contributed by atoms with Crippen LogP contribution in [0.5, 0.6) is 5.75 Å². The van der Waals surface area contributed by atoms with Crippen molar-refractivity contribution >= 4 is 39.1 Å². The molecule has 1 unspecified atom stereocenters. The van der Waals surface area contributed by atoms with Crippen molar-refractivity contribution in [2.75, 3.05) is 11.5 Å². The number of aromatic nitrogens is 1. The number of ketones is 1. The minimum Gasteiger partial charge on any atom is -0.494 e. The molecule has 8 heteroatoms. The van der Waals surface area contributed by atoms with E-state index in [0.29, 0.717) is 44.6 Å². The van der Waals surface area contributed by atoms with Crippen LogP contribution in [0, 0.1) is 6.92 Å². The van der Waals surface area contributed by atoms with E-state index in [-0.39, 0.29) is 22.5 Å². The highest BCUT2D eigenvalue weighted by Gasteiger charge is 2.45. The van der Waals surface area contributed by atoms with Gasteiger partial charge in [0.15, 0.2) is 16.3 Å². The Morgan fingerprint density at radius 2 is 1.97 bits per heavy atom. The number of thiazole rings is 1. The third kappa shape index (κ3) is 3.51. The maximum absolute atomic E-state index is 13.7. The zero-order chi connectivity index (χ0) is 24.0. The lowest BCUT2D eigenvalue weighted by molar-refractivity contribution is 0.0969. The average molecular weight is 475 g/mol. The summed E-state index contributed by atoms with van der Waals surface area (Å²) in [7, 11) is 0. The molecule has 2 aromatic carbocycles. The number of aryl methyl sites for hydroxylation is 1. The van der Waals surface area contributed by atoms with Crippen LogP contribution in [0.1, 0.15) is 63.4 Å². The molecular weight excluding hydrogens is 452 g/mol. The molecular formula is C26H22N2O5S. The molecule has 4 aromatic rings. The number of nitrogens with zero attached hydrogens (tertiary/aromatic N) is 2. The predicted molar refractivity (Wildman–Crippen MR) is 130 cm³/mol. The summed E-state index contributed by atoms with van der Waals surface area (Å²) >= 11 is 1.14. The lowest BCUT2D eigenvalue weighted by Crippen LogP contribution is -2.29. The standard InChI is InChI=1S/C26H22N2O5S/c1-4-12-32-17-9-7-8-16(13-17)21-20-22(30)18-10-5-6-11-19(18)33-23(20)25(31)28(21)26-27-14(2)24(34-26)15(3)29/h5-11,13,21H,4,12H2,1-3H3. The van der Waals surface area contributed by atoms with E-state index >= 15 is 0 Å². The number of hydrogen-bond donors (Lipinski definition) is 0. The molecule has 1 amide bonds. The largest absolute Gasteiger partial charge is 0.494 e. The van der Waals surface area contributed by atoms with Crippen molar-refractivity contribution in [1.29, 1.82) is 0 Å². The van der Waals surface area contributed by atoms with Gasteiger partial charge in [-0.1, -0.05) is 42.5 Å². The fourth-order valence-corrected chi connectivity index (χ4v) is 5.23. The summed E-state index contributed by atoms with van der Waals surface area (Å²) in [4.78, 5) is 45.8. The third-order valence-electron chi connectivity index (χ3n) is 5.74. The fourth-order valence-electron chi connectivity index (χ4n) is 4.24. The topological polar surface area (TPSA) is 89.7 Å². The van der Waals surface area contributed by atoms with E-state index in [9.17, 15) is 14.4 Å². The smallest absolute Gasteiger partial charge is 0.297 e. The molecule has 0 radical (unpaired) electrons. The van der Waals surface area contributed by atoms with Crippen LogP contribution < -0.4 is 15.1 Å². The van der Waals surface area contributed by atoms with Crippen molar-refractivity contribution in [3.05, 3.63) is 86.2 Å². The molecule has 3 heterocycles. The number of benzene rings is 2. The molecule has 0 N–H and O–H groups in total. The molecule has 5 rings (SSSR count). The minimum atomic E-state index is -0.765. The van der Waals surface area contributed by atoms with Crippen LogP contribution in [0.15, 0.2) is 57.7 Å². The zero-order valence-corrected chi connectivity index (χ0v) is 19.8. The van der Waals surface area contributed by atoms with Crippen LogP contribution in [-0.4, -0.2) is 23.3 Å². The Balaban J connectivity index is 1.75. The molecule has 1 aliphatic heterocycles. The van der Waals surface area contributed by atoms with E-state index < -0.39 is 11.9 Å². The maximum atomic E-state index is 13.7. The van der Waals surface area contributed by atoms with Gasteiger partial charge < -0.3 is 9.15 Å². The van der Waals surface area contributed by atoms with E-state index in [4.69, 9.17) is 9.15 Å². The Labute approximate surface area is 199 Å². The highest BCUT2D eigenvalue weighted by molar-refractivity contribution is 7.17. The van der Waals surface area contributed by atoms with E-state index in [2.05, 4.69) is 4.98 Å². The van der Waals surface area contributed by atoms with E-state index in [1.54, 1.807) is 31.2 Å². The zero-order valence-electron chi connectivity index (χ0n) is 19.0. The van der Waals surface area contributed by atoms with Crippen LogP contribution >= 0.6 is 11.3 Å². The van der Waals surface area contributed by atoms with E-state index in [1.165, 1.54) is 11.8 Å². The van der Waals surface area contributed by atoms with Gasteiger partial charge in [0.2, 0.25) is 5.76 Å². The highest BCUT2D eigenvalue weighted by atomic mass is 32.1. The average Bonchev–Trinajstić information content (AvgIpc) is 3.35. The molecule has 0 saturated heterocycles. The van der Waals surface area contributed by atoms with Crippen molar-refractivity contribution < 1.29 is 18.7 Å². The molecule has 0 saturated carbocycles. The lowest BCUT2D eigenvalue weighted by atomic mass is 9.98. The Morgan fingerprint density at radius 3 is 2.71 bits per heavy atom. The molecule has 172 valence electrons. The normalized spacial score (nSPS) is 15.1. The van der Waals surface area contributed by atoms with Crippen LogP contribution in [0.25, 0.3) is 11.0 Å². The van der Waals surface area contributed by atoms with Crippen molar-refractivity contribution in [3.63, 3.8) is 0 Å².